The standard InChI is InChI=1S/C21H20N2O6/c1-25-14-7-5-6-11-10-13-20(24)22-19(23-21(13)29-16(11)14)12-8-9-15(26-2)18(28-4)17(12)27-3/h5-9,13H,10H2,1-4H3. The Labute approximate surface area is 167 Å². The van der Waals surface area contributed by atoms with Crippen LogP contribution in [0.25, 0.3) is 0 Å². The zero-order chi connectivity index (χ0) is 20.5. The minimum Gasteiger partial charge on any atom is -0.493 e. The molecule has 2 heterocycles. The van der Waals surface area contributed by atoms with Gasteiger partial charge in [0, 0.05) is 5.56 Å². The monoisotopic (exact) mass is 396 g/mol. The summed E-state index contributed by atoms with van der Waals surface area (Å²) in [6, 6.07) is 8.99. The molecule has 2 aliphatic rings. The predicted octanol–water partition coefficient (Wildman–Crippen LogP) is 2.66. The van der Waals surface area contributed by atoms with Crippen LogP contribution in [0.3, 0.4) is 0 Å². The molecule has 4 rings (SSSR count). The fourth-order valence-electron chi connectivity index (χ4n) is 3.48. The molecule has 0 N–H and O–H groups in total. The van der Waals surface area contributed by atoms with Crippen LogP contribution < -0.4 is 23.7 Å². The Kier molecular flexibility index (Phi) is 4.84. The van der Waals surface area contributed by atoms with Gasteiger partial charge in [-0.25, -0.2) is 0 Å². The Morgan fingerprint density at radius 1 is 0.897 bits per heavy atom. The first-order chi connectivity index (χ1) is 14.1. The van der Waals surface area contributed by atoms with Gasteiger partial charge in [0.2, 0.25) is 11.6 Å². The second-order valence-electron chi connectivity index (χ2n) is 6.41. The van der Waals surface area contributed by atoms with Gasteiger partial charge in [0.15, 0.2) is 28.8 Å². The Hall–Kier alpha value is -3.55. The Balaban J connectivity index is 1.79. The van der Waals surface area contributed by atoms with E-state index in [-0.39, 0.29) is 17.6 Å². The number of nitrogens with zero attached hydrogens (tertiary/aromatic N) is 2. The maximum atomic E-state index is 12.8. The van der Waals surface area contributed by atoms with Gasteiger partial charge in [-0.1, -0.05) is 12.1 Å². The number of methoxy groups -OCH3 is 4. The van der Waals surface area contributed by atoms with Crippen molar-refractivity contribution >= 4 is 17.6 Å². The first-order valence-corrected chi connectivity index (χ1v) is 8.95. The van der Waals surface area contributed by atoms with Crippen LogP contribution in [0.2, 0.25) is 0 Å². The molecule has 8 heteroatoms. The number of hydrogen-bond acceptors (Lipinski definition) is 7. The van der Waals surface area contributed by atoms with Gasteiger partial charge in [-0.3, -0.25) is 4.79 Å². The Morgan fingerprint density at radius 2 is 1.66 bits per heavy atom. The Bertz CT molecular complexity index is 1040. The number of hydrogen-bond donors (Lipinski definition) is 0. The summed E-state index contributed by atoms with van der Waals surface area (Å²) in [4.78, 5) is 21.5. The van der Waals surface area contributed by atoms with Crippen LogP contribution in [0.5, 0.6) is 28.7 Å². The highest BCUT2D eigenvalue weighted by Crippen LogP contribution is 2.42. The van der Waals surface area contributed by atoms with Crippen molar-refractivity contribution < 1.29 is 28.5 Å². The molecular formula is C21H20N2O6. The van der Waals surface area contributed by atoms with Crippen molar-refractivity contribution in [3.8, 4) is 28.7 Å². The lowest BCUT2D eigenvalue weighted by atomic mass is 9.93. The van der Waals surface area contributed by atoms with Gasteiger partial charge in [-0.15, -0.1) is 0 Å². The summed E-state index contributed by atoms with van der Waals surface area (Å²) < 4.78 is 27.6. The minimum atomic E-state index is -0.565. The number of carbonyl (C=O) groups excluding carboxylic acids is 1. The fraction of sp³-hybridized carbons (Fsp3) is 0.286. The summed E-state index contributed by atoms with van der Waals surface area (Å²) in [6.45, 7) is 0. The number of carbonyl (C=O) groups is 1. The van der Waals surface area contributed by atoms with Crippen molar-refractivity contribution in [2.45, 2.75) is 6.42 Å². The molecular weight excluding hydrogens is 376 g/mol. The molecule has 8 nitrogen and oxygen atoms in total. The number of rotatable bonds is 5. The first-order valence-electron chi connectivity index (χ1n) is 8.95. The number of aliphatic imine (C=N–C) groups is 2. The number of para-hydroxylation sites is 1. The smallest absolute Gasteiger partial charge is 0.260 e. The summed E-state index contributed by atoms with van der Waals surface area (Å²) in [5, 5.41) is 0. The van der Waals surface area contributed by atoms with E-state index in [1.165, 1.54) is 21.3 Å². The number of benzene rings is 2. The summed E-state index contributed by atoms with van der Waals surface area (Å²) in [5.41, 5.74) is 1.38. The van der Waals surface area contributed by atoms with E-state index in [4.69, 9.17) is 23.7 Å². The van der Waals surface area contributed by atoms with E-state index in [1.807, 2.05) is 12.1 Å². The molecule has 2 aromatic carbocycles. The van der Waals surface area contributed by atoms with Crippen LogP contribution in [0.15, 0.2) is 40.3 Å². The number of fused-ring (bicyclic) bond motifs is 2. The fourth-order valence-corrected chi connectivity index (χ4v) is 3.48. The molecule has 2 aromatic rings. The highest BCUT2D eigenvalue weighted by Gasteiger charge is 2.37. The summed E-state index contributed by atoms with van der Waals surface area (Å²) >= 11 is 0. The second kappa shape index (κ2) is 7.46. The van der Waals surface area contributed by atoms with Crippen LogP contribution in [-0.2, 0) is 11.2 Å². The SMILES string of the molecule is COc1cccc2c1OC1=NC(c3ccc(OC)c(OC)c3OC)=NC(=O)C1C2. The van der Waals surface area contributed by atoms with Crippen molar-refractivity contribution in [1.82, 2.24) is 0 Å². The van der Waals surface area contributed by atoms with Crippen molar-refractivity contribution in [2.75, 3.05) is 28.4 Å². The summed E-state index contributed by atoms with van der Waals surface area (Å²) in [7, 11) is 6.11. The van der Waals surface area contributed by atoms with Crippen LogP contribution >= 0.6 is 0 Å². The van der Waals surface area contributed by atoms with Crippen molar-refractivity contribution in [3.63, 3.8) is 0 Å². The Morgan fingerprint density at radius 3 is 2.34 bits per heavy atom. The van der Waals surface area contributed by atoms with Gasteiger partial charge in [0.25, 0.3) is 5.91 Å². The average molecular weight is 396 g/mol. The van der Waals surface area contributed by atoms with Gasteiger partial charge in [-0.05, 0) is 24.6 Å². The molecule has 1 amide bonds. The molecule has 150 valence electrons. The third-order valence-electron chi connectivity index (χ3n) is 4.88. The number of ether oxygens (including phenoxy) is 5. The van der Waals surface area contributed by atoms with E-state index in [1.54, 1.807) is 25.3 Å². The lowest BCUT2D eigenvalue weighted by molar-refractivity contribution is -0.120. The molecule has 0 fully saturated rings. The molecule has 2 aliphatic heterocycles. The molecule has 1 unspecified atom stereocenters. The zero-order valence-electron chi connectivity index (χ0n) is 16.5. The van der Waals surface area contributed by atoms with Crippen LogP contribution in [0.1, 0.15) is 11.1 Å². The van der Waals surface area contributed by atoms with Crippen LogP contribution in [-0.4, -0.2) is 46.1 Å². The van der Waals surface area contributed by atoms with Crippen LogP contribution in [0, 0.1) is 5.92 Å². The van der Waals surface area contributed by atoms with Gasteiger partial charge in [-0.2, -0.15) is 9.98 Å². The van der Waals surface area contributed by atoms with E-state index in [0.29, 0.717) is 40.7 Å². The number of amides is 1. The van der Waals surface area contributed by atoms with E-state index >= 15 is 0 Å². The molecule has 0 radical (unpaired) electrons. The molecule has 0 saturated heterocycles. The highest BCUT2D eigenvalue weighted by molar-refractivity contribution is 6.20. The van der Waals surface area contributed by atoms with Crippen molar-refractivity contribution in [1.29, 1.82) is 0 Å². The normalized spacial score (nSPS) is 17.2. The molecule has 0 spiro atoms. The van der Waals surface area contributed by atoms with Gasteiger partial charge in [0.1, 0.15) is 5.92 Å². The van der Waals surface area contributed by atoms with Gasteiger partial charge in [0.05, 0.1) is 34.0 Å². The lowest BCUT2D eigenvalue weighted by Crippen LogP contribution is -2.37. The quantitative estimate of drug-likeness (QED) is 0.772. The zero-order valence-corrected chi connectivity index (χ0v) is 16.5. The van der Waals surface area contributed by atoms with Gasteiger partial charge >= 0.3 is 0 Å². The molecule has 29 heavy (non-hydrogen) atoms. The predicted molar refractivity (Wildman–Crippen MR) is 106 cm³/mol. The third-order valence-corrected chi connectivity index (χ3v) is 4.88. The molecule has 0 saturated carbocycles. The summed E-state index contributed by atoms with van der Waals surface area (Å²) in [5.74, 6) is 2.00. The lowest BCUT2D eigenvalue weighted by Gasteiger charge is -2.28. The van der Waals surface area contributed by atoms with Crippen LogP contribution in [0.4, 0.5) is 0 Å². The maximum Gasteiger partial charge on any atom is 0.260 e. The molecule has 1 atom stereocenters. The highest BCUT2D eigenvalue weighted by atomic mass is 16.5. The molecule has 0 aromatic heterocycles. The molecule has 0 bridgehead atoms. The van der Waals surface area contributed by atoms with Crippen molar-refractivity contribution in [2.24, 2.45) is 15.9 Å². The van der Waals surface area contributed by atoms with Gasteiger partial charge < -0.3 is 23.7 Å². The number of amidine groups is 1. The molecule has 0 aliphatic carbocycles. The average Bonchev–Trinajstić information content (AvgIpc) is 2.76. The first kappa shape index (κ1) is 18.8. The third kappa shape index (κ3) is 3.06. The summed E-state index contributed by atoms with van der Waals surface area (Å²) in [6.07, 6.45) is 0.448. The van der Waals surface area contributed by atoms with E-state index < -0.39 is 5.92 Å². The van der Waals surface area contributed by atoms with Crippen molar-refractivity contribution in [3.05, 3.63) is 41.5 Å². The van der Waals surface area contributed by atoms with E-state index in [0.717, 1.165) is 5.56 Å². The van der Waals surface area contributed by atoms with E-state index in [9.17, 15) is 4.79 Å². The van der Waals surface area contributed by atoms with E-state index in [2.05, 4.69) is 9.98 Å². The minimum absolute atomic E-state index is 0.192. The second-order valence-corrected chi connectivity index (χ2v) is 6.41. The maximum absolute atomic E-state index is 12.8. The topological polar surface area (TPSA) is 87.9 Å². The largest absolute Gasteiger partial charge is 0.493 e.